The Morgan fingerprint density at radius 2 is 1.41 bits per heavy atom. The van der Waals surface area contributed by atoms with Crippen molar-refractivity contribution >= 4 is 16.0 Å². The molecule has 0 aliphatic rings. The first-order chi connectivity index (χ1) is 9.87. The highest BCUT2D eigenvalue weighted by Crippen LogP contribution is 2.11. The van der Waals surface area contributed by atoms with Crippen molar-refractivity contribution in [3.63, 3.8) is 0 Å². The van der Waals surface area contributed by atoms with Crippen molar-refractivity contribution < 1.29 is 17.8 Å². The van der Waals surface area contributed by atoms with Crippen LogP contribution in [-0.4, -0.2) is 43.1 Å². The second kappa shape index (κ2) is 14.0. The molecule has 0 aliphatic carbocycles. The Balaban J connectivity index is 0. The first-order valence-corrected chi connectivity index (χ1v) is 9.67. The Kier molecular flexibility index (Phi) is 15.0. The van der Waals surface area contributed by atoms with Crippen molar-refractivity contribution in [2.45, 2.75) is 71.1 Å². The SMILES string of the molecule is CCCCCCCCCCCC(=O)N(C)CCS(=O)(=O)O.N. The number of amides is 1. The zero-order valence-electron chi connectivity index (χ0n) is 14.2. The minimum absolute atomic E-state index is 0. The van der Waals surface area contributed by atoms with Gasteiger partial charge in [0.1, 0.15) is 0 Å². The van der Waals surface area contributed by atoms with E-state index in [1.807, 2.05) is 0 Å². The Hall–Kier alpha value is -0.660. The minimum atomic E-state index is -3.99. The normalized spacial score (nSPS) is 11.0. The molecule has 0 unspecified atom stereocenters. The van der Waals surface area contributed by atoms with Crippen molar-refractivity contribution in [3.05, 3.63) is 0 Å². The fourth-order valence-corrected chi connectivity index (χ4v) is 2.66. The summed E-state index contributed by atoms with van der Waals surface area (Å²) >= 11 is 0. The summed E-state index contributed by atoms with van der Waals surface area (Å²) in [6, 6.07) is 0. The standard InChI is InChI=1S/C15H31NO4S.H3N/c1-3-4-5-6-7-8-9-10-11-12-15(17)16(2)13-14-21(18,19)20;/h3-14H2,1-2H3,(H,18,19,20);1H3. The molecule has 0 aliphatic heterocycles. The van der Waals surface area contributed by atoms with Gasteiger partial charge in [-0.25, -0.2) is 0 Å². The number of rotatable bonds is 13. The molecule has 0 saturated carbocycles. The quantitative estimate of drug-likeness (QED) is 0.395. The van der Waals surface area contributed by atoms with Crippen LogP contribution in [0.3, 0.4) is 0 Å². The molecule has 7 heteroatoms. The molecule has 0 heterocycles. The zero-order valence-corrected chi connectivity index (χ0v) is 15.0. The summed E-state index contributed by atoms with van der Waals surface area (Å²) in [5.74, 6) is -0.450. The molecule has 6 nitrogen and oxygen atoms in total. The molecule has 4 N–H and O–H groups in total. The molecule has 0 aromatic carbocycles. The van der Waals surface area contributed by atoms with Gasteiger partial charge in [-0.3, -0.25) is 9.35 Å². The van der Waals surface area contributed by atoms with E-state index in [1.165, 1.54) is 43.4 Å². The summed E-state index contributed by atoms with van der Waals surface area (Å²) in [5, 5.41) is 0. The molecular weight excluding hydrogens is 304 g/mol. The van der Waals surface area contributed by atoms with Crippen LogP contribution in [-0.2, 0) is 14.9 Å². The van der Waals surface area contributed by atoms with Crippen LogP contribution >= 0.6 is 0 Å². The van der Waals surface area contributed by atoms with Crippen molar-refractivity contribution in [3.8, 4) is 0 Å². The van der Waals surface area contributed by atoms with Gasteiger partial charge in [0.2, 0.25) is 5.91 Å². The molecule has 0 aromatic heterocycles. The maximum Gasteiger partial charge on any atom is 0.266 e. The van der Waals surface area contributed by atoms with Gasteiger partial charge in [0, 0.05) is 20.0 Å². The third kappa shape index (κ3) is 15.7. The van der Waals surface area contributed by atoms with E-state index in [1.54, 1.807) is 7.05 Å². The molecule has 0 fully saturated rings. The summed E-state index contributed by atoms with van der Waals surface area (Å²) in [4.78, 5) is 13.1. The number of carbonyl (C=O) groups is 1. The van der Waals surface area contributed by atoms with Gasteiger partial charge in [0.25, 0.3) is 10.1 Å². The van der Waals surface area contributed by atoms with Crippen LogP contribution in [0.25, 0.3) is 0 Å². The maximum absolute atomic E-state index is 11.7. The smallest absolute Gasteiger partial charge is 0.266 e. The first kappa shape index (κ1) is 23.6. The van der Waals surface area contributed by atoms with Crippen molar-refractivity contribution in [1.29, 1.82) is 0 Å². The largest absolute Gasteiger partial charge is 0.345 e. The van der Waals surface area contributed by atoms with E-state index in [0.717, 1.165) is 19.3 Å². The van der Waals surface area contributed by atoms with Crippen LogP contribution in [0.2, 0.25) is 0 Å². The molecule has 0 radical (unpaired) electrons. The molecule has 134 valence electrons. The molecular formula is C15H34N2O4S. The number of hydrogen-bond donors (Lipinski definition) is 2. The molecule has 0 saturated heterocycles. The summed E-state index contributed by atoms with van der Waals surface area (Å²) in [6.45, 7) is 2.26. The molecule has 0 spiro atoms. The third-order valence-electron chi connectivity index (χ3n) is 3.60. The molecule has 0 rings (SSSR count). The van der Waals surface area contributed by atoms with Crippen LogP contribution in [0.15, 0.2) is 0 Å². The molecule has 22 heavy (non-hydrogen) atoms. The van der Waals surface area contributed by atoms with Crippen LogP contribution in [0.4, 0.5) is 0 Å². The molecule has 0 aromatic rings. The molecule has 0 bridgehead atoms. The highest BCUT2D eigenvalue weighted by molar-refractivity contribution is 7.85. The summed E-state index contributed by atoms with van der Waals surface area (Å²) < 4.78 is 29.8. The lowest BCUT2D eigenvalue weighted by Gasteiger charge is -2.16. The number of carbonyl (C=O) groups excluding carboxylic acids is 1. The number of hydrogen-bond acceptors (Lipinski definition) is 4. The van der Waals surface area contributed by atoms with E-state index in [-0.39, 0.29) is 18.6 Å². The van der Waals surface area contributed by atoms with Gasteiger partial charge in [-0.05, 0) is 6.42 Å². The predicted molar refractivity (Wildman–Crippen MR) is 90.9 cm³/mol. The van der Waals surface area contributed by atoms with Crippen LogP contribution in [0.5, 0.6) is 0 Å². The van der Waals surface area contributed by atoms with Crippen LogP contribution in [0.1, 0.15) is 71.1 Å². The maximum atomic E-state index is 11.7. The average Bonchev–Trinajstić information content (AvgIpc) is 2.41. The van der Waals surface area contributed by atoms with Gasteiger partial charge in [-0.2, -0.15) is 8.42 Å². The second-order valence-corrected chi connectivity index (χ2v) is 7.25. The Bertz CT molecular complexity index is 372. The highest BCUT2D eigenvalue weighted by Gasteiger charge is 2.12. The Morgan fingerprint density at radius 1 is 0.955 bits per heavy atom. The van der Waals surface area contributed by atoms with E-state index >= 15 is 0 Å². The van der Waals surface area contributed by atoms with Gasteiger partial charge < -0.3 is 11.1 Å². The van der Waals surface area contributed by atoms with E-state index in [9.17, 15) is 13.2 Å². The van der Waals surface area contributed by atoms with E-state index in [0.29, 0.717) is 6.42 Å². The zero-order chi connectivity index (χ0) is 16.1. The minimum Gasteiger partial charge on any atom is -0.345 e. The fraction of sp³-hybridized carbons (Fsp3) is 0.933. The Morgan fingerprint density at radius 3 is 1.86 bits per heavy atom. The predicted octanol–water partition coefficient (Wildman–Crippen LogP) is 3.42. The molecule has 0 atom stereocenters. The van der Waals surface area contributed by atoms with Gasteiger partial charge in [-0.1, -0.05) is 58.3 Å². The van der Waals surface area contributed by atoms with Gasteiger partial charge in [-0.15, -0.1) is 0 Å². The monoisotopic (exact) mass is 338 g/mol. The van der Waals surface area contributed by atoms with Crippen molar-refractivity contribution in [2.24, 2.45) is 0 Å². The second-order valence-electron chi connectivity index (χ2n) is 5.68. The highest BCUT2D eigenvalue weighted by atomic mass is 32.2. The summed E-state index contributed by atoms with van der Waals surface area (Å²) in [6.07, 6.45) is 11.3. The van der Waals surface area contributed by atoms with E-state index < -0.39 is 15.9 Å². The number of unbranched alkanes of at least 4 members (excludes halogenated alkanes) is 8. The van der Waals surface area contributed by atoms with Crippen molar-refractivity contribution in [2.75, 3.05) is 19.3 Å². The lowest BCUT2D eigenvalue weighted by molar-refractivity contribution is -0.129. The van der Waals surface area contributed by atoms with Gasteiger partial charge in [0.15, 0.2) is 0 Å². The first-order valence-electron chi connectivity index (χ1n) is 8.06. The van der Waals surface area contributed by atoms with Crippen molar-refractivity contribution in [1.82, 2.24) is 11.1 Å². The van der Waals surface area contributed by atoms with Gasteiger partial charge >= 0.3 is 0 Å². The molecule has 1 amide bonds. The van der Waals surface area contributed by atoms with Crippen LogP contribution in [0, 0.1) is 0 Å². The topological polar surface area (TPSA) is 110 Å². The number of nitrogens with zero attached hydrogens (tertiary/aromatic N) is 1. The Labute approximate surface area is 136 Å². The van der Waals surface area contributed by atoms with E-state index in [4.69, 9.17) is 4.55 Å². The van der Waals surface area contributed by atoms with E-state index in [2.05, 4.69) is 6.92 Å². The van der Waals surface area contributed by atoms with Gasteiger partial charge in [0.05, 0.1) is 5.75 Å². The average molecular weight is 339 g/mol. The lowest BCUT2D eigenvalue weighted by atomic mass is 10.1. The summed E-state index contributed by atoms with van der Waals surface area (Å²) in [7, 11) is -2.42. The summed E-state index contributed by atoms with van der Waals surface area (Å²) in [5.41, 5.74) is 0. The third-order valence-corrected chi connectivity index (χ3v) is 4.30. The fourth-order valence-electron chi connectivity index (χ4n) is 2.15. The van der Waals surface area contributed by atoms with Crippen LogP contribution < -0.4 is 6.15 Å². The lowest BCUT2D eigenvalue weighted by Crippen LogP contribution is -2.31.